The maximum absolute atomic E-state index is 12.8. The van der Waals surface area contributed by atoms with E-state index in [1.807, 2.05) is 20.8 Å². The number of carboxylic acids is 1. The summed E-state index contributed by atoms with van der Waals surface area (Å²) in [5, 5.41) is 11.6. The summed E-state index contributed by atoms with van der Waals surface area (Å²) in [6.45, 7) is 5.93. The number of amides is 1. The number of aliphatic carboxylic acids is 1. The van der Waals surface area contributed by atoms with Gasteiger partial charge in [0.15, 0.2) is 0 Å². The Morgan fingerprint density at radius 2 is 1.80 bits per heavy atom. The maximum atomic E-state index is 12.8. The van der Waals surface area contributed by atoms with E-state index in [-0.39, 0.29) is 17.7 Å². The molecule has 1 rings (SSSR count). The van der Waals surface area contributed by atoms with E-state index >= 15 is 0 Å². The van der Waals surface area contributed by atoms with Gasteiger partial charge in [-0.15, -0.1) is 0 Å². The fraction of sp³-hybridized carbons (Fsp3) is 0.467. The fourth-order valence-corrected chi connectivity index (χ4v) is 1.99. The lowest BCUT2D eigenvalue weighted by molar-refractivity contribution is -0.137. The summed E-state index contributed by atoms with van der Waals surface area (Å²) in [7, 11) is 0. The molecule has 0 radical (unpaired) electrons. The van der Waals surface area contributed by atoms with Gasteiger partial charge in [0.25, 0.3) is 5.91 Å². The molecule has 1 aromatic carbocycles. The Balaban J connectivity index is 2.75. The van der Waals surface area contributed by atoms with Crippen LogP contribution in [0.25, 0.3) is 0 Å². The molecule has 0 aliphatic carbocycles. The zero-order chi connectivity index (χ0) is 15.3. The molecule has 0 aromatic heterocycles. The highest BCUT2D eigenvalue weighted by Gasteiger charge is 2.23. The molecule has 2 N–H and O–H groups in total. The van der Waals surface area contributed by atoms with Crippen molar-refractivity contribution in [3.8, 4) is 0 Å². The van der Waals surface area contributed by atoms with E-state index < -0.39 is 17.8 Å². The van der Waals surface area contributed by atoms with E-state index in [9.17, 15) is 14.0 Å². The minimum Gasteiger partial charge on any atom is -0.481 e. The number of nitrogens with one attached hydrogen (secondary N) is 1. The normalized spacial score (nSPS) is 12.8. The molecule has 0 heterocycles. The summed E-state index contributed by atoms with van der Waals surface area (Å²) < 4.78 is 12.8. The van der Waals surface area contributed by atoms with Crippen LogP contribution in [0.1, 0.15) is 44.0 Å². The number of halogens is 1. The minimum absolute atomic E-state index is 0.101. The van der Waals surface area contributed by atoms with Gasteiger partial charge in [-0.1, -0.05) is 20.8 Å². The van der Waals surface area contributed by atoms with Crippen LogP contribution in [0, 0.1) is 11.2 Å². The third-order valence-electron chi connectivity index (χ3n) is 2.72. The first-order chi connectivity index (χ1) is 9.17. The van der Waals surface area contributed by atoms with Crippen molar-refractivity contribution in [1.29, 1.82) is 0 Å². The van der Waals surface area contributed by atoms with Crippen LogP contribution in [-0.2, 0) is 4.79 Å². The zero-order valence-corrected chi connectivity index (χ0v) is 11.9. The summed E-state index contributed by atoms with van der Waals surface area (Å²) in [6, 6.07) is 4.69. The van der Waals surface area contributed by atoms with Crippen molar-refractivity contribution in [2.45, 2.75) is 39.7 Å². The van der Waals surface area contributed by atoms with Crippen molar-refractivity contribution in [3.05, 3.63) is 35.6 Å². The van der Waals surface area contributed by atoms with Crippen LogP contribution in [-0.4, -0.2) is 23.0 Å². The molecule has 0 saturated carbocycles. The molecule has 1 atom stereocenters. The highest BCUT2D eigenvalue weighted by atomic mass is 19.1. The second kappa shape index (κ2) is 6.50. The van der Waals surface area contributed by atoms with Crippen molar-refractivity contribution in [2.24, 2.45) is 5.41 Å². The Hall–Kier alpha value is -1.91. The average molecular weight is 281 g/mol. The first-order valence-electron chi connectivity index (χ1n) is 6.45. The Bertz CT molecular complexity index is 477. The van der Waals surface area contributed by atoms with Crippen LogP contribution in [0.4, 0.5) is 4.39 Å². The van der Waals surface area contributed by atoms with Gasteiger partial charge < -0.3 is 10.4 Å². The van der Waals surface area contributed by atoms with Gasteiger partial charge in [0, 0.05) is 11.6 Å². The summed E-state index contributed by atoms with van der Waals surface area (Å²) >= 11 is 0. The van der Waals surface area contributed by atoms with Gasteiger partial charge >= 0.3 is 5.97 Å². The van der Waals surface area contributed by atoms with Crippen LogP contribution in [0.15, 0.2) is 24.3 Å². The number of hydrogen-bond donors (Lipinski definition) is 2. The fourth-order valence-electron chi connectivity index (χ4n) is 1.99. The number of benzene rings is 1. The van der Waals surface area contributed by atoms with Crippen LogP contribution >= 0.6 is 0 Å². The number of hydrogen-bond acceptors (Lipinski definition) is 2. The Morgan fingerprint density at radius 1 is 1.25 bits per heavy atom. The molecule has 0 aliphatic rings. The Labute approximate surface area is 118 Å². The maximum Gasteiger partial charge on any atom is 0.305 e. The van der Waals surface area contributed by atoms with E-state index in [1.54, 1.807) is 0 Å². The van der Waals surface area contributed by atoms with Crippen molar-refractivity contribution < 1.29 is 19.1 Å². The molecule has 5 heteroatoms. The van der Waals surface area contributed by atoms with E-state index in [2.05, 4.69) is 5.32 Å². The zero-order valence-electron chi connectivity index (χ0n) is 11.9. The number of rotatable bonds is 5. The molecule has 0 aliphatic heterocycles. The lowest BCUT2D eigenvalue weighted by Gasteiger charge is -2.25. The third kappa shape index (κ3) is 5.82. The smallest absolute Gasteiger partial charge is 0.305 e. The summed E-state index contributed by atoms with van der Waals surface area (Å²) in [4.78, 5) is 22.9. The first kappa shape index (κ1) is 16.1. The quantitative estimate of drug-likeness (QED) is 0.872. The summed E-state index contributed by atoms with van der Waals surface area (Å²) in [6.07, 6.45) is 0.413. The summed E-state index contributed by atoms with van der Waals surface area (Å²) in [5.74, 6) is -1.77. The monoisotopic (exact) mass is 281 g/mol. The topological polar surface area (TPSA) is 66.4 Å². The van der Waals surface area contributed by atoms with E-state index in [4.69, 9.17) is 5.11 Å². The molecule has 110 valence electrons. The summed E-state index contributed by atoms with van der Waals surface area (Å²) in [5.41, 5.74) is 0.214. The van der Waals surface area contributed by atoms with Crippen molar-refractivity contribution in [1.82, 2.24) is 5.32 Å². The predicted molar refractivity (Wildman–Crippen MR) is 74.0 cm³/mol. The van der Waals surface area contributed by atoms with Crippen LogP contribution in [0.5, 0.6) is 0 Å². The minimum atomic E-state index is -0.960. The van der Waals surface area contributed by atoms with Gasteiger partial charge in [0.1, 0.15) is 5.82 Å². The lowest BCUT2D eigenvalue weighted by atomic mass is 9.87. The molecule has 0 saturated heterocycles. The number of carbonyl (C=O) groups excluding carboxylic acids is 1. The van der Waals surface area contributed by atoms with Gasteiger partial charge in [-0.25, -0.2) is 4.39 Å². The van der Waals surface area contributed by atoms with Gasteiger partial charge in [0.05, 0.1) is 6.42 Å². The van der Waals surface area contributed by atoms with Gasteiger partial charge in [0.2, 0.25) is 0 Å². The average Bonchev–Trinajstić information content (AvgIpc) is 2.26. The molecule has 1 amide bonds. The van der Waals surface area contributed by atoms with E-state index in [0.717, 1.165) is 0 Å². The number of carboxylic acid groups (broad SMARTS) is 1. The standard InChI is InChI=1S/C15H20FNO3/c1-15(2,3)9-12(8-13(18)19)17-14(20)10-4-6-11(16)7-5-10/h4-7,12H,8-9H2,1-3H3,(H,17,20)(H,18,19). The molecular formula is C15H20FNO3. The van der Waals surface area contributed by atoms with Crippen molar-refractivity contribution >= 4 is 11.9 Å². The SMILES string of the molecule is CC(C)(C)CC(CC(=O)O)NC(=O)c1ccc(F)cc1. The van der Waals surface area contributed by atoms with Crippen LogP contribution < -0.4 is 5.32 Å². The van der Waals surface area contributed by atoms with Gasteiger partial charge in [-0.3, -0.25) is 9.59 Å². The van der Waals surface area contributed by atoms with Gasteiger partial charge in [-0.05, 0) is 36.1 Å². The molecule has 0 spiro atoms. The highest BCUT2D eigenvalue weighted by molar-refractivity contribution is 5.94. The molecule has 20 heavy (non-hydrogen) atoms. The molecule has 0 fully saturated rings. The number of carbonyl (C=O) groups is 2. The predicted octanol–water partition coefficient (Wildman–Crippen LogP) is 2.84. The molecule has 1 aromatic rings. The molecule has 0 bridgehead atoms. The van der Waals surface area contributed by atoms with Gasteiger partial charge in [-0.2, -0.15) is 0 Å². The molecule has 1 unspecified atom stereocenters. The Morgan fingerprint density at radius 3 is 2.25 bits per heavy atom. The third-order valence-corrected chi connectivity index (χ3v) is 2.72. The van der Waals surface area contributed by atoms with E-state index in [1.165, 1.54) is 24.3 Å². The van der Waals surface area contributed by atoms with Crippen molar-refractivity contribution in [2.75, 3.05) is 0 Å². The van der Waals surface area contributed by atoms with Crippen LogP contribution in [0.2, 0.25) is 0 Å². The second-order valence-corrected chi connectivity index (χ2v) is 6.04. The van der Waals surface area contributed by atoms with Crippen LogP contribution in [0.3, 0.4) is 0 Å². The Kier molecular flexibility index (Phi) is 5.25. The molecular weight excluding hydrogens is 261 g/mol. The van der Waals surface area contributed by atoms with Crippen molar-refractivity contribution in [3.63, 3.8) is 0 Å². The molecule has 4 nitrogen and oxygen atoms in total. The lowest BCUT2D eigenvalue weighted by Crippen LogP contribution is -2.39. The largest absolute Gasteiger partial charge is 0.481 e. The van der Waals surface area contributed by atoms with E-state index in [0.29, 0.717) is 12.0 Å². The second-order valence-electron chi connectivity index (χ2n) is 6.04. The first-order valence-corrected chi connectivity index (χ1v) is 6.45. The highest BCUT2D eigenvalue weighted by Crippen LogP contribution is 2.22.